The maximum absolute atomic E-state index is 10.2. The van der Waals surface area contributed by atoms with Crippen molar-refractivity contribution in [2.45, 2.75) is 6.92 Å². The van der Waals surface area contributed by atoms with Gasteiger partial charge in [0.2, 0.25) is 0 Å². The van der Waals surface area contributed by atoms with Crippen LogP contribution in [-0.4, -0.2) is 20.0 Å². The summed E-state index contributed by atoms with van der Waals surface area (Å²) in [5, 5.41) is 20.1. The van der Waals surface area contributed by atoms with E-state index in [2.05, 4.69) is 4.98 Å². The number of aromatic nitrogens is 2. The molecule has 0 unspecified atom stereocenters. The molecular formula is C16H14N2O2. The van der Waals surface area contributed by atoms with Crippen molar-refractivity contribution in [2.24, 2.45) is 0 Å². The molecule has 0 radical (unpaired) electrons. The number of phenols is 1. The summed E-state index contributed by atoms with van der Waals surface area (Å²) in [6.07, 6.45) is 0. The van der Waals surface area contributed by atoms with Crippen LogP contribution in [0.4, 0.5) is 0 Å². The summed E-state index contributed by atoms with van der Waals surface area (Å²) in [4.78, 5) is 4.46. The zero-order valence-electron chi connectivity index (χ0n) is 11.0. The zero-order valence-corrected chi connectivity index (χ0v) is 11.0. The number of hydrogen-bond donors (Lipinski definition) is 2. The second-order valence-electron chi connectivity index (χ2n) is 4.56. The molecular weight excluding hydrogens is 252 g/mol. The molecule has 100 valence electrons. The van der Waals surface area contributed by atoms with Crippen molar-refractivity contribution in [1.29, 1.82) is 0 Å². The van der Waals surface area contributed by atoms with E-state index in [9.17, 15) is 10.3 Å². The lowest BCUT2D eigenvalue weighted by atomic mass is 10.1. The Morgan fingerprint density at radius 2 is 1.60 bits per heavy atom. The van der Waals surface area contributed by atoms with E-state index in [1.165, 1.54) is 0 Å². The minimum absolute atomic E-state index is 0.0902. The van der Waals surface area contributed by atoms with Crippen molar-refractivity contribution < 1.29 is 10.3 Å². The monoisotopic (exact) mass is 266 g/mol. The first-order valence-electron chi connectivity index (χ1n) is 6.31. The Hall–Kier alpha value is -2.75. The van der Waals surface area contributed by atoms with Crippen LogP contribution in [0.2, 0.25) is 0 Å². The number of nitrogens with zero attached hydrogens (tertiary/aromatic N) is 2. The topological polar surface area (TPSA) is 58.3 Å². The first-order valence-corrected chi connectivity index (χ1v) is 6.31. The van der Waals surface area contributed by atoms with E-state index < -0.39 is 0 Å². The second kappa shape index (κ2) is 4.74. The van der Waals surface area contributed by atoms with Gasteiger partial charge >= 0.3 is 0 Å². The molecule has 2 N–H and O–H groups in total. The van der Waals surface area contributed by atoms with Crippen molar-refractivity contribution in [3.63, 3.8) is 0 Å². The minimum atomic E-state index is 0.0902. The van der Waals surface area contributed by atoms with Gasteiger partial charge < -0.3 is 10.3 Å². The number of imidazole rings is 1. The number of rotatable bonds is 2. The third-order valence-corrected chi connectivity index (χ3v) is 3.27. The summed E-state index contributed by atoms with van der Waals surface area (Å²) in [6.45, 7) is 1.79. The van der Waals surface area contributed by atoms with Crippen LogP contribution >= 0.6 is 0 Å². The van der Waals surface area contributed by atoms with Gasteiger partial charge in [-0.2, -0.15) is 4.73 Å². The summed E-state index contributed by atoms with van der Waals surface area (Å²) in [6, 6.07) is 16.5. The van der Waals surface area contributed by atoms with Gasteiger partial charge in [-0.1, -0.05) is 42.5 Å². The number of hydrogen-bond acceptors (Lipinski definition) is 3. The van der Waals surface area contributed by atoms with Gasteiger partial charge in [-0.25, -0.2) is 4.98 Å². The molecule has 4 heteroatoms. The van der Waals surface area contributed by atoms with Gasteiger partial charge in [0.1, 0.15) is 5.75 Å². The summed E-state index contributed by atoms with van der Waals surface area (Å²) in [5.41, 5.74) is 2.76. The van der Waals surface area contributed by atoms with Crippen LogP contribution in [-0.2, 0) is 0 Å². The highest BCUT2D eigenvalue weighted by Gasteiger charge is 2.17. The molecule has 1 aromatic heterocycles. The maximum atomic E-state index is 10.2. The quantitative estimate of drug-likeness (QED) is 0.698. The van der Waals surface area contributed by atoms with E-state index >= 15 is 0 Å². The Labute approximate surface area is 116 Å². The number of para-hydroxylation sites is 1. The molecule has 0 aliphatic carbocycles. The van der Waals surface area contributed by atoms with Gasteiger partial charge in [-0.05, 0) is 19.1 Å². The van der Waals surface area contributed by atoms with E-state index in [4.69, 9.17) is 0 Å². The molecule has 0 fully saturated rings. The van der Waals surface area contributed by atoms with Crippen molar-refractivity contribution in [3.8, 4) is 28.4 Å². The molecule has 0 atom stereocenters. The third kappa shape index (κ3) is 1.91. The van der Waals surface area contributed by atoms with E-state index in [0.29, 0.717) is 22.8 Å². The molecule has 20 heavy (non-hydrogen) atoms. The van der Waals surface area contributed by atoms with Crippen LogP contribution in [0, 0.1) is 6.92 Å². The minimum Gasteiger partial charge on any atom is -0.507 e. The Bertz CT molecular complexity index is 748. The molecule has 0 saturated carbocycles. The van der Waals surface area contributed by atoms with Gasteiger partial charge in [0, 0.05) is 5.56 Å². The fraction of sp³-hybridized carbons (Fsp3) is 0.0625. The normalized spacial score (nSPS) is 10.7. The van der Waals surface area contributed by atoms with Crippen LogP contribution in [0.15, 0.2) is 54.6 Å². The van der Waals surface area contributed by atoms with Crippen LogP contribution < -0.4 is 0 Å². The lowest BCUT2D eigenvalue weighted by molar-refractivity contribution is 0.184. The molecule has 4 nitrogen and oxygen atoms in total. The fourth-order valence-corrected chi connectivity index (χ4v) is 2.20. The smallest absolute Gasteiger partial charge is 0.179 e. The number of benzene rings is 2. The maximum Gasteiger partial charge on any atom is 0.179 e. The standard InChI is InChI=1S/C16H14N2O2/c1-11-15(12-7-3-2-4-8-12)17-16(18(11)20)13-9-5-6-10-14(13)19/h2-10,19-20H,1H3. The third-order valence-electron chi connectivity index (χ3n) is 3.27. The predicted molar refractivity (Wildman–Crippen MR) is 76.7 cm³/mol. The highest BCUT2D eigenvalue weighted by molar-refractivity contribution is 5.70. The fourth-order valence-electron chi connectivity index (χ4n) is 2.20. The van der Waals surface area contributed by atoms with Crippen LogP contribution in [0.25, 0.3) is 22.6 Å². The largest absolute Gasteiger partial charge is 0.507 e. The highest BCUT2D eigenvalue weighted by atomic mass is 16.5. The van der Waals surface area contributed by atoms with Gasteiger partial charge in [-0.15, -0.1) is 0 Å². The van der Waals surface area contributed by atoms with Gasteiger partial charge in [0.05, 0.1) is 17.0 Å². The predicted octanol–water partition coefficient (Wildman–Crippen LogP) is 3.47. The van der Waals surface area contributed by atoms with Crippen LogP contribution in [0.1, 0.15) is 5.69 Å². The van der Waals surface area contributed by atoms with Crippen LogP contribution in [0.5, 0.6) is 5.75 Å². The average molecular weight is 266 g/mol. The van der Waals surface area contributed by atoms with Crippen molar-refractivity contribution in [1.82, 2.24) is 9.71 Å². The lowest BCUT2D eigenvalue weighted by Crippen LogP contribution is -1.96. The van der Waals surface area contributed by atoms with E-state index in [-0.39, 0.29) is 5.75 Å². The van der Waals surface area contributed by atoms with Crippen molar-refractivity contribution in [2.75, 3.05) is 0 Å². The number of phenolic OH excluding ortho intramolecular Hbond substituents is 1. The Morgan fingerprint density at radius 3 is 2.30 bits per heavy atom. The Kier molecular flexibility index (Phi) is 2.91. The summed E-state index contributed by atoms with van der Waals surface area (Å²) in [5.74, 6) is 0.423. The summed E-state index contributed by atoms with van der Waals surface area (Å²) >= 11 is 0. The highest BCUT2D eigenvalue weighted by Crippen LogP contribution is 2.32. The number of aromatic hydroxyl groups is 1. The molecule has 1 heterocycles. The Morgan fingerprint density at radius 1 is 0.950 bits per heavy atom. The first-order chi connectivity index (χ1) is 9.68. The average Bonchev–Trinajstić information content (AvgIpc) is 2.77. The SMILES string of the molecule is Cc1c(-c2ccccc2)nc(-c2ccccc2O)n1O. The lowest BCUT2D eigenvalue weighted by Gasteiger charge is -2.03. The molecule has 2 aromatic carbocycles. The molecule has 0 spiro atoms. The van der Waals surface area contributed by atoms with Gasteiger partial charge in [0.15, 0.2) is 5.82 Å². The molecule has 0 amide bonds. The summed E-state index contributed by atoms with van der Waals surface area (Å²) < 4.78 is 1.01. The molecule has 0 aliphatic rings. The summed E-state index contributed by atoms with van der Waals surface area (Å²) in [7, 11) is 0. The van der Waals surface area contributed by atoms with E-state index in [0.717, 1.165) is 10.3 Å². The van der Waals surface area contributed by atoms with Crippen molar-refractivity contribution >= 4 is 0 Å². The zero-order chi connectivity index (χ0) is 14.1. The Balaban J connectivity index is 2.19. The van der Waals surface area contributed by atoms with Gasteiger partial charge in [0.25, 0.3) is 0 Å². The van der Waals surface area contributed by atoms with E-state index in [1.54, 1.807) is 31.2 Å². The van der Waals surface area contributed by atoms with Gasteiger partial charge in [-0.3, -0.25) is 0 Å². The molecule has 3 rings (SSSR count). The molecule has 0 bridgehead atoms. The van der Waals surface area contributed by atoms with E-state index in [1.807, 2.05) is 30.3 Å². The van der Waals surface area contributed by atoms with Crippen LogP contribution in [0.3, 0.4) is 0 Å². The first kappa shape index (κ1) is 12.3. The second-order valence-corrected chi connectivity index (χ2v) is 4.56. The van der Waals surface area contributed by atoms with Crippen molar-refractivity contribution in [3.05, 3.63) is 60.3 Å². The molecule has 0 aliphatic heterocycles. The molecule has 0 saturated heterocycles. The molecule has 3 aromatic rings.